The van der Waals surface area contributed by atoms with Crippen LogP contribution in [0.25, 0.3) is 0 Å². The molecule has 21 heavy (non-hydrogen) atoms. The Kier molecular flexibility index (Phi) is 5.85. The maximum absolute atomic E-state index is 12.1. The number of urea groups is 1. The minimum Gasteiger partial charge on any atom is -0.481 e. The number of carbonyl (C=O) groups excluding carboxylic acids is 1. The number of hydrogen-bond acceptors (Lipinski definition) is 3. The lowest BCUT2D eigenvalue weighted by Crippen LogP contribution is -2.48. The largest absolute Gasteiger partial charge is 0.481 e. The Balaban J connectivity index is 1.73. The van der Waals surface area contributed by atoms with E-state index in [1.165, 1.54) is 37.0 Å². The number of likely N-dealkylation sites (N-methyl/N-ethyl adjacent to an activating group) is 1. The molecule has 2 aliphatic rings. The molecule has 1 saturated heterocycles. The van der Waals surface area contributed by atoms with Crippen LogP contribution in [0, 0.1) is 11.8 Å². The van der Waals surface area contributed by atoms with Crippen molar-refractivity contribution in [2.75, 3.05) is 26.8 Å². The van der Waals surface area contributed by atoms with E-state index in [-0.39, 0.29) is 18.7 Å². The molecule has 0 radical (unpaired) electrons. The first-order valence-corrected chi connectivity index (χ1v) is 7.91. The van der Waals surface area contributed by atoms with Crippen LogP contribution in [0.1, 0.15) is 38.5 Å². The number of carbonyl (C=O) groups is 2. The summed E-state index contributed by atoms with van der Waals surface area (Å²) in [6.45, 7) is 1.14. The van der Waals surface area contributed by atoms with Gasteiger partial charge in [0.1, 0.15) is 5.92 Å². The highest BCUT2D eigenvalue weighted by Crippen LogP contribution is 2.25. The number of nitrogens with zero attached hydrogens (tertiary/aromatic N) is 1. The number of amides is 2. The maximum atomic E-state index is 12.1. The normalized spacial score (nSPS) is 26.5. The zero-order valence-electron chi connectivity index (χ0n) is 12.7. The maximum Gasteiger partial charge on any atom is 0.317 e. The third-order valence-electron chi connectivity index (χ3n) is 4.74. The number of ether oxygens (including phenoxy) is 1. The van der Waals surface area contributed by atoms with E-state index in [4.69, 9.17) is 9.84 Å². The van der Waals surface area contributed by atoms with Crippen LogP contribution in [-0.2, 0) is 9.53 Å². The molecule has 120 valence electrons. The molecule has 1 aliphatic heterocycles. The van der Waals surface area contributed by atoms with E-state index in [2.05, 4.69) is 5.32 Å². The smallest absolute Gasteiger partial charge is 0.317 e. The summed E-state index contributed by atoms with van der Waals surface area (Å²) in [5, 5.41) is 12.0. The Morgan fingerprint density at radius 3 is 2.62 bits per heavy atom. The van der Waals surface area contributed by atoms with Crippen molar-refractivity contribution in [3.8, 4) is 0 Å². The van der Waals surface area contributed by atoms with Crippen molar-refractivity contribution in [2.45, 2.75) is 44.6 Å². The summed E-state index contributed by atoms with van der Waals surface area (Å²) in [6.07, 6.45) is 7.50. The molecular weight excluding hydrogens is 272 g/mol. The molecule has 1 aliphatic carbocycles. The zero-order valence-corrected chi connectivity index (χ0v) is 12.7. The van der Waals surface area contributed by atoms with Crippen molar-refractivity contribution in [1.29, 1.82) is 0 Å². The highest BCUT2D eigenvalue weighted by molar-refractivity contribution is 5.77. The van der Waals surface area contributed by atoms with E-state index < -0.39 is 11.9 Å². The molecule has 2 unspecified atom stereocenters. The fraction of sp³-hybridized carbons (Fsp3) is 0.867. The van der Waals surface area contributed by atoms with Gasteiger partial charge >= 0.3 is 12.0 Å². The number of carboxylic acids is 1. The standard InChI is InChI=1S/C15H26N2O4/c1-17(13-10-21-9-12(13)14(18)19)15(20)16-8-7-11-5-3-2-4-6-11/h11-13H,2-10H2,1H3,(H,16,20)(H,18,19). The molecule has 6 heteroatoms. The van der Waals surface area contributed by atoms with E-state index in [9.17, 15) is 9.59 Å². The van der Waals surface area contributed by atoms with E-state index >= 15 is 0 Å². The molecule has 2 fully saturated rings. The second-order valence-corrected chi connectivity index (χ2v) is 6.19. The quantitative estimate of drug-likeness (QED) is 0.809. The Hall–Kier alpha value is -1.30. The van der Waals surface area contributed by atoms with Gasteiger partial charge in [0.2, 0.25) is 0 Å². The van der Waals surface area contributed by atoms with Gasteiger partial charge in [-0.1, -0.05) is 32.1 Å². The summed E-state index contributed by atoms with van der Waals surface area (Å²) in [5.74, 6) is -0.801. The molecule has 0 bridgehead atoms. The first-order valence-electron chi connectivity index (χ1n) is 7.91. The van der Waals surface area contributed by atoms with E-state index in [1.54, 1.807) is 7.05 Å². The Morgan fingerprint density at radius 2 is 1.95 bits per heavy atom. The number of aliphatic carboxylic acids is 1. The van der Waals surface area contributed by atoms with Crippen molar-refractivity contribution in [2.24, 2.45) is 11.8 Å². The van der Waals surface area contributed by atoms with Crippen LogP contribution in [0.4, 0.5) is 4.79 Å². The monoisotopic (exact) mass is 298 g/mol. The summed E-state index contributed by atoms with van der Waals surface area (Å²) >= 11 is 0. The second-order valence-electron chi connectivity index (χ2n) is 6.19. The van der Waals surface area contributed by atoms with Gasteiger partial charge < -0.3 is 20.1 Å². The summed E-state index contributed by atoms with van der Waals surface area (Å²) in [5.41, 5.74) is 0. The first-order chi connectivity index (χ1) is 10.1. The van der Waals surface area contributed by atoms with Crippen molar-refractivity contribution < 1.29 is 19.4 Å². The van der Waals surface area contributed by atoms with Gasteiger partial charge in [0, 0.05) is 13.6 Å². The molecule has 2 rings (SSSR count). The van der Waals surface area contributed by atoms with Crippen LogP contribution in [0.3, 0.4) is 0 Å². The number of rotatable bonds is 5. The average Bonchev–Trinajstić information content (AvgIpc) is 2.97. The molecule has 1 heterocycles. The van der Waals surface area contributed by atoms with Gasteiger partial charge in [-0.05, 0) is 12.3 Å². The van der Waals surface area contributed by atoms with Crippen LogP contribution < -0.4 is 5.32 Å². The van der Waals surface area contributed by atoms with Crippen LogP contribution in [0.15, 0.2) is 0 Å². The van der Waals surface area contributed by atoms with E-state index in [0.29, 0.717) is 13.2 Å². The Morgan fingerprint density at radius 1 is 1.24 bits per heavy atom. The number of hydrogen-bond donors (Lipinski definition) is 2. The van der Waals surface area contributed by atoms with E-state index in [1.807, 2.05) is 0 Å². The highest BCUT2D eigenvalue weighted by Gasteiger charge is 2.38. The van der Waals surface area contributed by atoms with E-state index in [0.717, 1.165) is 12.3 Å². The number of carboxylic acid groups (broad SMARTS) is 1. The lowest BCUT2D eigenvalue weighted by atomic mass is 9.87. The predicted octanol–water partition coefficient (Wildman–Crippen LogP) is 1.70. The molecular formula is C15H26N2O4. The SMILES string of the molecule is CN(C(=O)NCCC1CCCCC1)C1COCC1C(=O)O. The lowest BCUT2D eigenvalue weighted by Gasteiger charge is -2.27. The van der Waals surface area contributed by atoms with Crippen molar-refractivity contribution in [3.63, 3.8) is 0 Å². The summed E-state index contributed by atoms with van der Waals surface area (Å²) in [4.78, 5) is 24.7. The third-order valence-corrected chi connectivity index (χ3v) is 4.74. The lowest BCUT2D eigenvalue weighted by molar-refractivity contribution is -0.142. The highest BCUT2D eigenvalue weighted by atomic mass is 16.5. The molecule has 2 atom stereocenters. The Bertz CT molecular complexity index is 369. The van der Waals surface area contributed by atoms with Crippen molar-refractivity contribution in [3.05, 3.63) is 0 Å². The van der Waals surface area contributed by atoms with Gasteiger partial charge in [0.15, 0.2) is 0 Å². The van der Waals surface area contributed by atoms with Crippen LogP contribution >= 0.6 is 0 Å². The van der Waals surface area contributed by atoms with Gasteiger partial charge in [-0.3, -0.25) is 4.79 Å². The van der Waals surface area contributed by atoms with Gasteiger partial charge in [-0.2, -0.15) is 0 Å². The Labute approximate surface area is 125 Å². The third kappa shape index (κ3) is 4.33. The molecule has 0 aromatic rings. The zero-order chi connectivity index (χ0) is 15.2. The summed E-state index contributed by atoms with van der Waals surface area (Å²) in [7, 11) is 1.64. The fourth-order valence-corrected chi connectivity index (χ4v) is 3.29. The van der Waals surface area contributed by atoms with Gasteiger partial charge in [-0.25, -0.2) is 4.79 Å². The average molecular weight is 298 g/mol. The van der Waals surface area contributed by atoms with Crippen LogP contribution in [-0.4, -0.2) is 54.9 Å². The second kappa shape index (κ2) is 7.64. The molecule has 2 N–H and O–H groups in total. The first kappa shape index (κ1) is 16.1. The topological polar surface area (TPSA) is 78.9 Å². The molecule has 6 nitrogen and oxygen atoms in total. The summed E-state index contributed by atoms with van der Waals surface area (Å²) in [6, 6.07) is -0.579. The molecule has 2 amide bonds. The van der Waals surface area contributed by atoms with Crippen molar-refractivity contribution in [1.82, 2.24) is 10.2 Å². The van der Waals surface area contributed by atoms with Gasteiger partial charge in [0.25, 0.3) is 0 Å². The molecule has 0 spiro atoms. The van der Waals surface area contributed by atoms with Gasteiger partial charge in [0.05, 0.1) is 19.3 Å². The fourth-order valence-electron chi connectivity index (χ4n) is 3.29. The van der Waals surface area contributed by atoms with Crippen LogP contribution in [0.5, 0.6) is 0 Å². The minimum atomic E-state index is -0.903. The van der Waals surface area contributed by atoms with Gasteiger partial charge in [-0.15, -0.1) is 0 Å². The molecule has 0 aromatic heterocycles. The molecule has 0 aromatic carbocycles. The minimum absolute atomic E-state index is 0.180. The molecule has 1 saturated carbocycles. The van der Waals surface area contributed by atoms with Crippen LogP contribution in [0.2, 0.25) is 0 Å². The number of nitrogens with one attached hydrogen (secondary N) is 1. The summed E-state index contributed by atoms with van der Waals surface area (Å²) < 4.78 is 5.20. The predicted molar refractivity (Wildman–Crippen MR) is 78.1 cm³/mol. The van der Waals surface area contributed by atoms with Crippen molar-refractivity contribution >= 4 is 12.0 Å².